The molecule has 0 aliphatic carbocycles. The second kappa shape index (κ2) is 5.41. The molecule has 0 aromatic carbocycles. The highest BCUT2D eigenvalue weighted by molar-refractivity contribution is 5.11. The average Bonchev–Trinajstić information content (AvgIpc) is 2.67. The summed E-state index contributed by atoms with van der Waals surface area (Å²) < 4.78 is 0. The van der Waals surface area contributed by atoms with Gasteiger partial charge in [0, 0.05) is 19.3 Å². The predicted molar refractivity (Wildman–Crippen MR) is 66.3 cm³/mol. The van der Waals surface area contributed by atoms with E-state index in [1.807, 2.05) is 6.20 Å². The van der Waals surface area contributed by atoms with Crippen LogP contribution in [0.3, 0.4) is 0 Å². The van der Waals surface area contributed by atoms with Crippen molar-refractivity contribution in [2.24, 2.45) is 5.92 Å². The van der Waals surface area contributed by atoms with Gasteiger partial charge in [-0.25, -0.2) is 0 Å². The second-order valence-corrected chi connectivity index (χ2v) is 4.87. The third-order valence-electron chi connectivity index (χ3n) is 3.20. The minimum absolute atomic E-state index is 0.815. The molecule has 88 valence electrons. The fraction of sp³-hybridized carbons (Fsp3) is 0.615. The van der Waals surface area contributed by atoms with E-state index in [9.17, 15) is 0 Å². The lowest BCUT2D eigenvalue weighted by molar-refractivity contribution is 0.388. The molecule has 0 spiro atoms. The Hall–Kier alpha value is -0.930. The molecule has 2 heterocycles. The predicted octanol–water partition coefficient (Wildman–Crippen LogP) is 1.43. The molecular formula is C13H21N3. The van der Waals surface area contributed by atoms with Gasteiger partial charge in [0.05, 0.1) is 5.69 Å². The Kier molecular flexibility index (Phi) is 3.91. The molecule has 1 fully saturated rings. The summed E-state index contributed by atoms with van der Waals surface area (Å²) in [6, 6.07) is 4.22. The number of aromatic nitrogens is 1. The molecule has 0 amide bonds. The molecule has 1 saturated heterocycles. The maximum absolute atomic E-state index is 4.38. The van der Waals surface area contributed by atoms with Gasteiger partial charge in [-0.2, -0.15) is 0 Å². The molecule has 3 nitrogen and oxygen atoms in total. The Morgan fingerprint density at radius 3 is 3.00 bits per heavy atom. The van der Waals surface area contributed by atoms with E-state index in [4.69, 9.17) is 0 Å². The van der Waals surface area contributed by atoms with Crippen LogP contribution >= 0.6 is 0 Å². The minimum Gasteiger partial charge on any atom is -0.311 e. The largest absolute Gasteiger partial charge is 0.311 e. The summed E-state index contributed by atoms with van der Waals surface area (Å²) in [5, 5.41) is 3.49. The summed E-state index contributed by atoms with van der Waals surface area (Å²) in [7, 11) is 2.20. The van der Waals surface area contributed by atoms with Crippen molar-refractivity contribution < 1.29 is 0 Å². The SMILES string of the molecule is Cc1ccc(CNCC2CCN(C)C2)nc1. The fourth-order valence-corrected chi connectivity index (χ4v) is 2.20. The first-order valence-electron chi connectivity index (χ1n) is 6.05. The number of hydrogen-bond acceptors (Lipinski definition) is 3. The third kappa shape index (κ3) is 3.29. The monoisotopic (exact) mass is 219 g/mol. The number of pyridine rings is 1. The van der Waals surface area contributed by atoms with Crippen LogP contribution in [-0.4, -0.2) is 36.6 Å². The number of nitrogens with one attached hydrogen (secondary N) is 1. The van der Waals surface area contributed by atoms with E-state index in [0.29, 0.717) is 0 Å². The lowest BCUT2D eigenvalue weighted by Gasteiger charge is -2.11. The van der Waals surface area contributed by atoms with Gasteiger partial charge in [0.15, 0.2) is 0 Å². The highest BCUT2D eigenvalue weighted by atomic mass is 15.1. The number of nitrogens with zero attached hydrogens (tertiary/aromatic N) is 2. The summed E-state index contributed by atoms with van der Waals surface area (Å²) in [5.74, 6) is 0.815. The van der Waals surface area contributed by atoms with Gasteiger partial charge in [0.1, 0.15) is 0 Å². The first-order chi connectivity index (χ1) is 7.74. The van der Waals surface area contributed by atoms with Gasteiger partial charge in [0.2, 0.25) is 0 Å². The Balaban J connectivity index is 1.70. The summed E-state index contributed by atoms with van der Waals surface area (Å²) >= 11 is 0. The van der Waals surface area contributed by atoms with Crippen LogP contribution in [0.2, 0.25) is 0 Å². The van der Waals surface area contributed by atoms with Crippen molar-refractivity contribution >= 4 is 0 Å². The Bertz CT molecular complexity index is 320. The molecule has 3 heteroatoms. The molecule has 16 heavy (non-hydrogen) atoms. The van der Waals surface area contributed by atoms with Gasteiger partial charge in [-0.05, 0) is 51.0 Å². The summed E-state index contributed by atoms with van der Waals surface area (Å²) in [6.45, 7) is 6.54. The maximum atomic E-state index is 4.38. The van der Waals surface area contributed by atoms with Gasteiger partial charge in [0.25, 0.3) is 0 Å². The van der Waals surface area contributed by atoms with Gasteiger partial charge < -0.3 is 10.2 Å². The molecule has 1 aromatic rings. The Morgan fingerprint density at radius 2 is 2.38 bits per heavy atom. The van der Waals surface area contributed by atoms with Crippen LogP contribution < -0.4 is 5.32 Å². The highest BCUT2D eigenvalue weighted by Gasteiger charge is 2.18. The number of aryl methyl sites for hydroxylation is 1. The van der Waals surface area contributed by atoms with E-state index in [0.717, 1.165) is 24.7 Å². The van der Waals surface area contributed by atoms with E-state index in [2.05, 4.69) is 41.3 Å². The van der Waals surface area contributed by atoms with E-state index < -0.39 is 0 Å². The first-order valence-corrected chi connectivity index (χ1v) is 6.05. The zero-order valence-corrected chi connectivity index (χ0v) is 10.2. The second-order valence-electron chi connectivity index (χ2n) is 4.87. The van der Waals surface area contributed by atoms with Gasteiger partial charge in [-0.15, -0.1) is 0 Å². The smallest absolute Gasteiger partial charge is 0.0541 e. The van der Waals surface area contributed by atoms with E-state index in [1.165, 1.54) is 25.1 Å². The molecule has 1 atom stereocenters. The van der Waals surface area contributed by atoms with Crippen LogP contribution in [0, 0.1) is 12.8 Å². The van der Waals surface area contributed by atoms with Crippen molar-refractivity contribution in [3.8, 4) is 0 Å². The van der Waals surface area contributed by atoms with Gasteiger partial charge >= 0.3 is 0 Å². The minimum atomic E-state index is 0.815. The van der Waals surface area contributed by atoms with Crippen molar-refractivity contribution in [3.63, 3.8) is 0 Å². The molecule has 0 bridgehead atoms. The fourth-order valence-electron chi connectivity index (χ4n) is 2.20. The molecule has 1 aliphatic rings. The van der Waals surface area contributed by atoms with Crippen LogP contribution in [0.4, 0.5) is 0 Å². The maximum Gasteiger partial charge on any atom is 0.0541 e. The number of rotatable bonds is 4. The van der Waals surface area contributed by atoms with E-state index >= 15 is 0 Å². The quantitative estimate of drug-likeness (QED) is 0.830. The van der Waals surface area contributed by atoms with E-state index in [1.54, 1.807) is 0 Å². The molecular weight excluding hydrogens is 198 g/mol. The molecule has 0 saturated carbocycles. The average molecular weight is 219 g/mol. The number of hydrogen-bond donors (Lipinski definition) is 1. The molecule has 0 radical (unpaired) electrons. The van der Waals surface area contributed by atoms with Crippen molar-refractivity contribution in [2.75, 3.05) is 26.7 Å². The highest BCUT2D eigenvalue weighted by Crippen LogP contribution is 2.12. The van der Waals surface area contributed by atoms with Crippen molar-refractivity contribution in [1.29, 1.82) is 0 Å². The van der Waals surface area contributed by atoms with Crippen LogP contribution in [0.1, 0.15) is 17.7 Å². The topological polar surface area (TPSA) is 28.2 Å². The van der Waals surface area contributed by atoms with Gasteiger partial charge in [-0.1, -0.05) is 6.07 Å². The molecule has 2 rings (SSSR count). The van der Waals surface area contributed by atoms with Crippen LogP contribution in [0.25, 0.3) is 0 Å². The summed E-state index contributed by atoms with van der Waals surface area (Å²) in [4.78, 5) is 6.78. The first kappa shape index (κ1) is 11.6. The molecule has 1 N–H and O–H groups in total. The van der Waals surface area contributed by atoms with Crippen molar-refractivity contribution in [3.05, 3.63) is 29.6 Å². The summed E-state index contributed by atoms with van der Waals surface area (Å²) in [5.41, 5.74) is 2.36. The van der Waals surface area contributed by atoms with Crippen molar-refractivity contribution in [1.82, 2.24) is 15.2 Å². The zero-order chi connectivity index (χ0) is 11.4. The lowest BCUT2D eigenvalue weighted by Crippen LogP contribution is -2.25. The van der Waals surface area contributed by atoms with Crippen LogP contribution in [-0.2, 0) is 6.54 Å². The van der Waals surface area contributed by atoms with Crippen LogP contribution in [0.15, 0.2) is 18.3 Å². The Labute approximate surface area is 97.9 Å². The third-order valence-corrected chi connectivity index (χ3v) is 3.20. The Morgan fingerprint density at radius 1 is 1.50 bits per heavy atom. The normalized spacial score (nSPS) is 21.5. The van der Waals surface area contributed by atoms with E-state index in [-0.39, 0.29) is 0 Å². The number of likely N-dealkylation sites (tertiary alicyclic amines) is 1. The summed E-state index contributed by atoms with van der Waals surface area (Å²) in [6.07, 6.45) is 3.26. The zero-order valence-electron chi connectivity index (χ0n) is 10.2. The standard InChI is InChI=1S/C13H21N3/c1-11-3-4-13(15-7-11)9-14-8-12-5-6-16(2)10-12/h3-4,7,12,14H,5-6,8-10H2,1-2H3. The van der Waals surface area contributed by atoms with Gasteiger partial charge in [-0.3, -0.25) is 4.98 Å². The van der Waals surface area contributed by atoms with Crippen LogP contribution in [0.5, 0.6) is 0 Å². The molecule has 1 aliphatic heterocycles. The molecule has 1 aromatic heterocycles. The molecule has 1 unspecified atom stereocenters. The van der Waals surface area contributed by atoms with Crippen molar-refractivity contribution in [2.45, 2.75) is 19.9 Å². The lowest BCUT2D eigenvalue weighted by atomic mass is 10.1.